The topological polar surface area (TPSA) is 97.5 Å². The summed E-state index contributed by atoms with van der Waals surface area (Å²) in [6.07, 6.45) is -1.33. The number of carboxylic acid groups (broad SMARTS) is 1. The zero-order chi connectivity index (χ0) is 14.7. The predicted octanol–water partition coefficient (Wildman–Crippen LogP) is 2.09. The zero-order valence-corrected chi connectivity index (χ0v) is 10.4. The van der Waals surface area contributed by atoms with E-state index in [1.807, 2.05) is 0 Å². The second kappa shape index (κ2) is 5.36. The smallest absolute Gasteiger partial charge is 0.402 e. The molecular weight excluding hydrogens is 258 g/mol. The molecule has 0 saturated heterocycles. The van der Waals surface area contributed by atoms with Gasteiger partial charge in [0.15, 0.2) is 11.6 Å². The summed E-state index contributed by atoms with van der Waals surface area (Å²) in [4.78, 5) is 33.0. The summed E-state index contributed by atoms with van der Waals surface area (Å²) in [6, 6.07) is 13.9. The van der Waals surface area contributed by atoms with E-state index in [1.165, 1.54) is 0 Å². The van der Waals surface area contributed by atoms with Gasteiger partial charge in [0.1, 0.15) is 0 Å². The van der Waals surface area contributed by atoms with Gasteiger partial charge in [0.2, 0.25) is 0 Å². The van der Waals surface area contributed by atoms with Gasteiger partial charge in [-0.3, -0.25) is 9.59 Å². The average Bonchev–Trinajstić information content (AvgIpc) is 2.44. The normalized spacial score (nSPS) is 11.8. The standard InChI is InChI=1S/C14H8O2.CH3NO2/c15-13-9-5-1-2-6-10(9)14(16)12-8-4-3-7-11(12)13;2-1(3)4/h1-8H;2H2,(H,3,4). The Morgan fingerprint density at radius 3 is 1.15 bits per heavy atom. The highest BCUT2D eigenvalue weighted by Crippen LogP contribution is 2.26. The Morgan fingerprint density at radius 1 is 0.750 bits per heavy atom. The van der Waals surface area contributed by atoms with Crippen LogP contribution >= 0.6 is 0 Å². The molecule has 0 spiro atoms. The van der Waals surface area contributed by atoms with Gasteiger partial charge in [-0.1, -0.05) is 48.5 Å². The highest BCUT2D eigenvalue weighted by molar-refractivity contribution is 6.28. The first-order valence-electron chi connectivity index (χ1n) is 5.78. The van der Waals surface area contributed by atoms with Crippen LogP contribution in [0.4, 0.5) is 4.79 Å². The van der Waals surface area contributed by atoms with Crippen molar-refractivity contribution in [3.8, 4) is 0 Å². The number of hydrogen-bond acceptors (Lipinski definition) is 3. The molecule has 0 bridgehead atoms. The first kappa shape index (κ1) is 13.5. The summed E-state index contributed by atoms with van der Waals surface area (Å²) >= 11 is 0. The number of benzene rings is 2. The van der Waals surface area contributed by atoms with E-state index in [0.29, 0.717) is 22.3 Å². The number of hydrogen-bond donors (Lipinski definition) is 2. The molecule has 3 rings (SSSR count). The van der Waals surface area contributed by atoms with Crippen molar-refractivity contribution < 1.29 is 19.5 Å². The Balaban J connectivity index is 0.000000328. The van der Waals surface area contributed by atoms with Crippen molar-refractivity contribution in [1.29, 1.82) is 0 Å². The van der Waals surface area contributed by atoms with Gasteiger partial charge < -0.3 is 10.8 Å². The fourth-order valence-electron chi connectivity index (χ4n) is 2.05. The SMILES string of the molecule is NC(=O)O.O=C1c2ccccc2C(=O)c2ccccc21. The molecule has 1 aliphatic rings. The lowest BCUT2D eigenvalue weighted by atomic mass is 9.84. The van der Waals surface area contributed by atoms with Crippen LogP contribution in [-0.2, 0) is 0 Å². The lowest BCUT2D eigenvalue weighted by Crippen LogP contribution is -2.20. The molecule has 2 aromatic carbocycles. The Labute approximate surface area is 114 Å². The summed E-state index contributed by atoms with van der Waals surface area (Å²) in [5.41, 5.74) is 6.05. The molecule has 3 N–H and O–H groups in total. The maximum absolute atomic E-state index is 12.1. The van der Waals surface area contributed by atoms with Crippen LogP contribution in [0.2, 0.25) is 0 Å². The first-order chi connectivity index (χ1) is 9.52. The van der Waals surface area contributed by atoms with Crippen molar-refractivity contribution >= 4 is 17.7 Å². The van der Waals surface area contributed by atoms with Gasteiger partial charge in [-0.25, -0.2) is 4.79 Å². The average molecular weight is 269 g/mol. The van der Waals surface area contributed by atoms with Gasteiger partial charge in [-0.15, -0.1) is 0 Å². The molecule has 2 aromatic rings. The number of primary amides is 1. The van der Waals surface area contributed by atoms with Gasteiger partial charge in [0, 0.05) is 22.3 Å². The summed E-state index contributed by atoms with van der Waals surface area (Å²) in [6.45, 7) is 0. The van der Waals surface area contributed by atoms with Crippen LogP contribution in [0.15, 0.2) is 48.5 Å². The second-order valence-electron chi connectivity index (χ2n) is 4.09. The van der Waals surface area contributed by atoms with E-state index >= 15 is 0 Å². The Morgan fingerprint density at radius 2 is 0.950 bits per heavy atom. The quantitative estimate of drug-likeness (QED) is 0.652. The molecule has 100 valence electrons. The van der Waals surface area contributed by atoms with Crippen LogP contribution in [0, 0.1) is 0 Å². The highest BCUT2D eigenvalue weighted by atomic mass is 16.4. The number of carbonyl (C=O) groups is 3. The van der Waals surface area contributed by atoms with Crippen LogP contribution in [0.25, 0.3) is 0 Å². The molecule has 0 heterocycles. The lowest BCUT2D eigenvalue weighted by molar-refractivity contribution is 0.0979. The molecule has 0 aromatic heterocycles. The molecule has 5 nitrogen and oxygen atoms in total. The molecule has 0 atom stereocenters. The lowest BCUT2D eigenvalue weighted by Gasteiger charge is -2.16. The van der Waals surface area contributed by atoms with Crippen molar-refractivity contribution in [3.63, 3.8) is 0 Å². The first-order valence-corrected chi connectivity index (χ1v) is 5.78. The summed E-state index contributed by atoms with van der Waals surface area (Å²) in [5.74, 6) is -0.128. The van der Waals surface area contributed by atoms with E-state index < -0.39 is 6.09 Å². The van der Waals surface area contributed by atoms with Crippen LogP contribution in [0.5, 0.6) is 0 Å². The van der Waals surface area contributed by atoms with E-state index in [-0.39, 0.29) is 11.6 Å². The zero-order valence-electron chi connectivity index (χ0n) is 10.4. The van der Waals surface area contributed by atoms with Crippen molar-refractivity contribution in [3.05, 3.63) is 70.8 Å². The summed E-state index contributed by atoms with van der Waals surface area (Å²) in [7, 11) is 0. The van der Waals surface area contributed by atoms with E-state index in [4.69, 9.17) is 9.90 Å². The van der Waals surface area contributed by atoms with Crippen molar-refractivity contribution in [2.75, 3.05) is 0 Å². The summed E-state index contributed by atoms with van der Waals surface area (Å²) < 4.78 is 0. The molecule has 0 aliphatic heterocycles. The predicted molar refractivity (Wildman–Crippen MR) is 72.0 cm³/mol. The number of ketones is 2. The maximum Gasteiger partial charge on any atom is 0.402 e. The van der Waals surface area contributed by atoms with Crippen molar-refractivity contribution in [1.82, 2.24) is 0 Å². The van der Waals surface area contributed by atoms with E-state index in [1.54, 1.807) is 48.5 Å². The molecule has 0 radical (unpaired) electrons. The number of fused-ring (bicyclic) bond motifs is 2. The Kier molecular flexibility index (Phi) is 3.61. The molecule has 0 fully saturated rings. The number of rotatable bonds is 0. The van der Waals surface area contributed by atoms with Gasteiger partial charge in [-0.2, -0.15) is 0 Å². The van der Waals surface area contributed by atoms with Crippen molar-refractivity contribution in [2.45, 2.75) is 0 Å². The largest absolute Gasteiger partial charge is 0.465 e. The molecular formula is C15H11NO4. The van der Waals surface area contributed by atoms with Crippen molar-refractivity contribution in [2.24, 2.45) is 5.73 Å². The number of amides is 1. The van der Waals surface area contributed by atoms with Crippen LogP contribution < -0.4 is 5.73 Å². The fourth-order valence-corrected chi connectivity index (χ4v) is 2.05. The minimum Gasteiger partial charge on any atom is -0.465 e. The highest BCUT2D eigenvalue weighted by Gasteiger charge is 2.28. The third kappa shape index (κ3) is 2.42. The third-order valence-electron chi connectivity index (χ3n) is 2.83. The number of nitrogens with two attached hydrogens (primary N) is 1. The number of carbonyl (C=O) groups excluding carboxylic acids is 2. The Bertz CT molecular complexity index is 597. The Hall–Kier alpha value is -2.95. The van der Waals surface area contributed by atoms with E-state index in [9.17, 15) is 9.59 Å². The molecule has 1 amide bonds. The molecule has 20 heavy (non-hydrogen) atoms. The van der Waals surface area contributed by atoms with E-state index in [2.05, 4.69) is 5.73 Å². The van der Waals surface area contributed by atoms with Gasteiger partial charge in [-0.05, 0) is 0 Å². The van der Waals surface area contributed by atoms with Crippen LogP contribution in [-0.4, -0.2) is 22.8 Å². The van der Waals surface area contributed by atoms with Gasteiger partial charge in [0.05, 0.1) is 0 Å². The third-order valence-corrected chi connectivity index (χ3v) is 2.83. The second-order valence-corrected chi connectivity index (χ2v) is 4.09. The van der Waals surface area contributed by atoms with E-state index in [0.717, 1.165) is 0 Å². The minimum absolute atomic E-state index is 0.0641. The molecule has 0 unspecified atom stereocenters. The van der Waals surface area contributed by atoms with Crippen LogP contribution in [0.1, 0.15) is 31.8 Å². The van der Waals surface area contributed by atoms with Gasteiger partial charge in [0.25, 0.3) is 0 Å². The summed E-state index contributed by atoms with van der Waals surface area (Å²) in [5, 5.41) is 7.19. The minimum atomic E-state index is -1.33. The molecule has 5 heteroatoms. The monoisotopic (exact) mass is 269 g/mol. The fraction of sp³-hybridized carbons (Fsp3) is 0. The maximum atomic E-state index is 12.1. The molecule has 0 saturated carbocycles. The molecule has 1 aliphatic carbocycles. The van der Waals surface area contributed by atoms with Crippen LogP contribution in [0.3, 0.4) is 0 Å². The van der Waals surface area contributed by atoms with Gasteiger partial charge >= 0.3 is 6.09 Å².